The Morgan fingerprint density at radius 3 is 2.45 bits per heavy atom. The summed E-state index contributed by atoms with van der Waals surface area (Å²) in [7, 11) is 0. The number of hydrogen-bond donors (Lipinski definition) is 0. The highest BCUT2D eigenvalue weighted by atomic mass is 35.5. The summed E-state index contributed by atoms with van der Waals surface area (Å²) in [6, 6.07) is 22.9. The lowest BCUT2D eigenvalue weighted by atomic mass is 9.91. The van der Waals surface area contributed by atoms with Crippen LogP contribution in [0.4, 0.5) is 4.39 Å². The van der Waals surface area contributed by atoms with Crippen molar-refractivity contribution in [3.05, 3.63) is 123 Å². The van der Waals surface area contributed by atoms with Crippen LogP contribution in [0.3, 0.4) is 0 Å². The van der Waals surface area contributed by atoms with Crippen LogP contribution < -0.4 is 0 Å². The summed E-state index contributed by atoms with van der Waals surface area (Å²) < 4.78 is 16.9. The number of carbonyl (C=O) groups is 2. The molecule has 2 aromatic heterocycles. The van der Waals surface area contributed by atoms with Crippen LogP contribution in [0.15, 0.2) is 83.9 Å². The number of ketones is 2. The van der Waals surface area contributed by atoms with Crippen molar-refractivity contribution >= 4 is 40.2 Å². The molecule has 1 unspecified atom stereocenters. The average Bonchev–Trinajstić information content (AvgIpc) is 3.52. The summed E-state index contributed by atoms with van der Waals surface area (Å²) in [6.07, 6.45) is 0. The predicted octanol–water partition coefficient (Wildman–Crippen LogP) is 7.00. The number of nitrogens with zero attached hydrogens (tertiary/aromatic N) is 4. The lowest BCUT2D eigenvalue weighted by Gasteiger charge is -2.12. The van der Waals surface area contributed by atoms with Gasteiger partial charge < -0.3 is 0 Å². The number of hydrogen-bond acceptors (Lipinski definition) is 6. The van der Waals surface area contributed by atoms with Gasteiger partial charge in [-0.05, 0) is 36.2 Å². The highest BCUT2D eigenvalue weighted by Gasteiger charge is 2.31. The number of aryl methyl sites for hydroxylation is 1. The third-order valence-corrected chi connectivity index (χ3v) is 8.44. The van der Waals surface area contributed by atoms with Crippen LogP contribution in [-0.4, -0.2) is 32.0 Å². The molecule has 1 aliphatic rings. The zero-order valence-corrected chi connectivity index (χ0v) is 23.1. The van der Waals surface area contributed by atoms with E-state index in [0.29, 0.717) is 49.6 Å². The average molecular weight is 569 g/mol. The lowest BCUT2D eigenvalue weighted by Crippen LogP contribution is -2.20. The molecule has 9 heteroatoms. The number of aliphatic imine (C=N–C) groups is 1. The number of halogens is 2. The van der Waals surface area contributed by atoms with Crippen LogP contribution in [-0.2, 0) is 11.3 Å². The van der Waals surface area contributed by atoms with Gasteiger partial charge in [0.15, 0.2) is 5.82 Å². The molecule has 198 valence electrons. The second-order valence-corrected chi connectivity index (χ2v) is 10.9. The number of rotatable bonds is 6. The summed E-state index contributed by atoms with van der Waals surface area (Å²) in [5.41, 5.74) is 3.60. The Morgan fingerprint density at radius 2 is 1.70 bits per heavy atom. The van der Waals surface area contributed by atoms with Crippen molar-refractivity contribution in [3.8, 4) is 16.1 Å². The van der Waals surface area contributed by atoms with Gasteiger partial charge in [-0.25, -0.2) is 4.39 Å². The fourth-order valence-electron chi connectivity index (χ4n) is 4.84. The maximum absolute atomic E-state index is 15.0. The van der Waals surface area contributed by atoms with Crippen LogP contribution in [0, 0.1) is 12.7 Å². The Kier molecular flexibility index (Phi) is 6.73. The van der Waals surface area contributed by atoms with Gasteiger partial charge in [0.05, 0.1) is 10.6 Å². The molecule has 0 radical (unpaired) electrons. The number of thiophene rings is 1. The van der Waals surface area contributed by atoms with E-state index in [0.717, 1.165) is 5.56 Å². The molecule has 0 saturated carbocycles. The van der Waals surface area contributed by atoms with Gasteiger partial charge in [0.2, 0.25) is 11.6 Å². The smallest absolute Gasteiger partial charge is 0.239 e. The molecule has 0 saturated heterocycles. The lowest BCUT2D eigenvalue weighted by molar-refractivity contribution is -0.116. The number of benzene rings is 3. The second-order valence-electron chi connectivity index (χ2n) is 9.49. The largest absolute Gasteiger partial charge is 0.290 e. The molecule has 6 rings (SSSR count). The van der Waals surface area contributed by atoms with E-state index in [1.165, 1.54) is 17.4 Å². The molecule has 1 atom stereocenters. The van der Waals surface area contributed by atoms with E-state index in [9.17, 15) is 9.59 Å². The molecule has 0 aliphatic carbocycles. The minimum absolute atomic E-state index is 0.254. The fourth-order valence-corrected chi connectivity index (χ4v) is 6.24. The molecule has 0 fully saturated rings. The molecule has 0 amide bonds. The quantitative estimate of drug-likeness (QED) is 0.163. The Hall–Kier alpha value is -4.27. The van der Waals surface area contributed by atoms with Crippen LogP contribution in [0.1, 0.15) is 50.9 Å². The highest BCUT2D eigenvalue weighted by molar-refractivity contribution is 7.17. The summed E-state index contributed by atoms with van der Waals surface area (Å²) >= 11 is 7.70. The van der Waals surface area contributed by atoms with Gasteiger partial charge in [0.25, 0.3) is 0 Å². The van der Waals surface area contributed by atoms with Gasteiger partial charge >= 0.3 is 0 Å². The minimum Gasteiger partial charge on any atom is -0.290 e. The van der Waals surface area contributed by atoms with Crippen LogP contribution >= 0.6 is 22.9 Å². The van der Waals surface area contributed by atoms with Crippen molar-refractivity contribution in [3.63, 3.8) is 0 Å². The standard InChI is InChI=1S/C31H22ClFN4O2S/c1-17(20-12-13-21(25(33)14-20)19-8-4-3-5-9-19)29(38)30(39)26-15-23-28(22-10-6-7-11-24(22)32)34-16-27-36-35-18(2)37(27)31(23)40-26/h3-15,17H,16H2,1-2H3. The molecular weight excluding hydrogens is 547 g/mol. The number of fused-ring (bicyclic) bond motifs is 3. The van der Waals surface area contributed by atoms with E-state index in [1.54, 1.807) is 31.2 Å². The number of aromatic nitrogens is 3. The first-order valence-corrected chi connectivity index (χ1v) is 13.8. The normalized spacial score (nSPS) is 13.2. The van der Waals surface area contributed by atoms with Gasteiger partial charge in [0, 0.05) is 27.6 Å². The van der Waals surface area contributed by atoms with Crippen LogP contribution in [0.25, 0.3) is 16.1 Å². The van der Waals surface area contributed by atoms with Crippen molar-refractivity contribution in [2.45, 2.75) is 26.3 Å². The first-order chi connectivity index (χ1) is 19.3. The molecule has 3 heterocycles. The third-order valence-electron chi connectivity index (χ3n) is 6.99. The van der Waals surface area contributed by atoms with Gasteiger partial charge in [-0.1, -0.05) is 79.2 Å². The molecule has 3 aromatic carbocycles. The van der Waals surface area contributed by atoms with Gasteiger partial charge in [-0.3, -0.25) is 19.1 Å². The number of Topliss-reactive ketones (excluding diaryl/α,β-unsaturated/α-hetero) is 2. The second kappa shape index (κ2) is 10.4. The van der Waals surface area contributed by atoms with Gasteiger partial charge in [-0.2, -0.15) is 0 Å². The summed E-state index contributed by atoms with van der Waals surface area (Å²) in [4.78, 5) is 32.0. The third kappa shape index (κ3) is 4.49. The first-order valence-electron chi connectivity index (χ1n) is 12.6. The molecule has 0 spiro atoms. The molecule has 6 nitrogen and oxygen atoms in total. The Morgan fingerprint density at radius 1 is 0.950 bits per heavy atom. The summed E-state index contributed by atoms with van der Waals surface area (Å²) in [5, 5.41) is 9.65. The Labute approximate surface area is 238 Å². The molecular formula is C31H22ClFN4O2S. The van der Waals surface area contributed by atoms with E-state index in [1.807, 2.05) is 60.0 Å². The zero-order valence-electron chi connectivity index (χ0n) is 21.6. The summed E-state index contributed by atoms with van der Waals surface area (Å²) in [6.45, 7) is 3.73. The molecule has 5 aromatic rings. The van der Waals surface area contributed by atoms with E-state index in [2.05, 4.69) is 10.2 Å². The van der Waals surface area contributed by atoms with Crippen molar-refractivity contribution in [2.75, 3.05) is 0 Å². The maximum atomic E-state index is 15.0. The summed E-state index contributed by atoms with van der Waals surface area (Å²) in [5.74, 6) is -1.30. The van der Waals surface area contributed by atoms with E-state index < -0.39 is 23.3 Å². The first kappa shape index (κ1) is 26.0. The Bertz CT molecular complexity index is 1830. The molecule has 40 heavy (non-hydrogen) atoms. The fraction of sp³-hybridized carbons (Fsp3) is 0.129. The highest BCUT2D eigenvalue weighted by Crippen LogP contribution is 2.35. The molecule has 0 bridgehead atoms. The van der Waals surface area contributed by atoms with Crippen molar-refractivity contribution in [2.24, 2.45) is 4.99 Å². The van der Waals surface area contributed by atoms with Crippen LogP contribution in [0.5, 0.6) is 0 Å². The monoisotopic (exact) mass is 568 g/mol. The van der Waals surface area contributed by atoms with Gasteiger partial charge in [0.1, 0.15) is 23.2 Å². The van der Waals surface area contributed by atoms with Crippen LogP contribution in [0.2, 0.25) is 5.02 Å². The van der Waals surface area contributed by atoms with Gasteiger partial charge in [-0.15, -0.1) is 21.5 Å². The maximum Gasteiger partial charge on any atom is 0.239 e. The van der Waals surface area contributed by atoms with E-state index in [4.69, 9.17) is 16.6 Å². The Balaban J connectivity index is 1.36. The zero-order chi connectivity index (χ0) is 28.0. The molecule has 0 N–H and O–H groups in total. The SMILES string of the molecule is Cc1nnc2n1-c1sc(C(=O)C(=O)C(C)c3ccc(-c4ccccc4)c(F)c3)cc1C(c1ccccc1Cl)=NC2. The van der Waals surface area contributed by atoms with Crippen molar-refractivity contribution in [1.29, 1.82) is 0 Å². The van der Waals surface area contributed by atoms with E-state index in [-0.39, 0.29) is 11.4 Å². The van der Waals surface area contributed by atoms with Crippen molar-refractivity contribution in [1.82, 2.24) is 14.8 Å². The number of carbonyl (C=O) groups excluding carboxylic acids is 2. The molecule has 1 aliphatic heterocycles. The van der Waals surface area contributed by atoms with Crippen molar-refractivity contribution < 1.29 is 14.0 Å². The predicted molar refractivity (Wildman–Crippen MR) is 154 cm³/mol. The van der Waals surface area contributed by atoms with E-state index >= 15 is 4.39 Å². The topological polar surface area (TPSA) is 77.2 Å². The minimum atomic E-state index is -0.836.